The van der Waals surface area contributed by atoms with Gasteiger partial charge in [-0.2, -0.15) is 0 Å². The van der Waals surface area contributed by atoms with E-state index in [1.54, 1.807) is 24.3 Å². The number of aliphatic hydroxyl groups is 1. The summed E-state index contributed by atoms with van der Waals surface area (Å²) in [6.07, 6.45) is 1.05. The molecule has 1 atom stereocenters. The Labute approximate surface area is 183 Å². The van der Waals surface area contributed by atoms with E-state index in [-0.39, 0.29) is 31.4 Å². The minimum Gasteiger partial charge on any atom is -0.488 e. The van der Waals surface area contributed by atoms with Gasteiger partial charge < -0.3 is 14.6 Å². The van der Waals surface area contributed by atoms with Crippen LogP contribution in [-0.2, 0) is 4.79 Å². The molecular formula is C19H20Cl3NO4S. The molecule has 0 saturated heterocycles. The van der Waals surface area contributed by atoms with Crippen molar-refractivity contribution >= 4 is 52.5 Å². The molecule has 1 unspecified atom stereocenters. The second-order valence-corrected chi connectivity index (χ2v) is 7.59. The molecule has 0 saturated carbocycles. The summed E-state index contributed by atoms with van der Waals surface area (Å²) in [6, 6.07) is 10.7. The lowest BCUT2D eigenvalue weighted by atomic mass is 10.1. The summed E-state index contributed by atoms with van der Waals surface area (Å²) in [6.45, 7) is 0.261. The zero-order valence-electron chi connectivity index (χ0n) is 15.1. The number of hydrogen-bond acceptors (Lipinski definition) is 6. The number of halogens is 3. The van der Waals surface area contributed by atoms with Gasteiger partial charge >= 0.3 is 0 Å². The lowest BCUT2D eigenvalue weighted by Crippen LogP contribution is -2.22. The first-order valence-corrected chi connectivity index (χ1v) is 10.8. The molecule has 0 aliphatic heterocycles. The lowest BCUT2D eigenvalue weighted by molar-refractivity contribution is -0.119. The molecule has 0 aliphatic rings. The summed E-state index contributed by atoms with van der Waals surface area (Å²) in [4.78, 5) is 11.6. The van der Waals surface area contributed by atoms with Gasteiger partial charge in [0.2, 0.25) is 0 Å². The molecule has 0 radical (unpaired) electrons. The number of carbonyl (C=O) groups is 1. The highest BCUT2D eigenvalue weighted by Gasteiger charge is 2.13. The first-order valence-electron chi connectivity index (χ1n) is 8.31. The maximum Gasteiger partial charge on any atom is 0.184 e. The minimum absolute atomic E-state index is 0.000490. The van der Waals surface area contributed by atoms with E-state index in [4.69, 9.17) is 44.3 Å². The largest absolute Gasteiger partial charge is 0.488 e. The van der Waals surface area contributed by atoms with Crippen LogP contribution in [0.1, 0.15) is 0 Å². The van der Waals surface area contributed by atoms with Crippen LogP contribution in [0.5, 0.6) is 11.5 Å². The summed E-state index contributed by atoms with van der Waals surface area (Å²) < 4.78 is 13.8. The Morgan fingerprint density at radius 3 is 2.36 bits per heavy atom. The van der Waals surface area contributed by atoms with Gasteiger partial charge in [-0.25, -0.2) is 0 Å². The Kier molecular flexibility index (Phi) is 9.71. The third-order valence-corrected chi connectivity index (χ3v) is 4.95. The van der Waals surface area contributed by atoms with E-state index in [1.165, 1.54) is 11.9 Å². The van der Waals surface area contributed by atoms with E-state index in [2.05, 4.69) is 4.72 Å². The summed E-state index contributed by atoms with van der Waals surface area (Å²) in [5.41, 5.74) is 1.67. The van der Waals surface area contributed by atoms with E-state index >= 15 is 0 Å². The van der Waals surface area contributed by atoms with E-state index in [9.17, 15) is 9.90 Å². The number of aliphatic hydroxyl groups excluding tert-OH is 1. The van der Waals surface area contributed by atoms with Crippen molar-refractivity contribution in [1.29, 1.82) is 0 Å². The summed E-state index contributed by atoms with van der Waals surface area (Å²) in [5.74, 6) is 0.912. The van der Waals surface area contributed by atoms with E-state index < -0.39 is 6.10 Å². The summed E-state index contributed by atoms with van der Waals surface area (Å²) >= 11 is 19.5. The molecule has 0 aromatic heterocycles. The molecule has 0 spiro atoms. The summed E-state index contributed by atoms with van der Waals surface area (Å²) in [5, 5.41) is 10.2. The van der Waals surface area contributed by atoms with Crippen LogP contribution in [0.15, 0.2) is 36.4 Å². The number of hydrogen-bond donors (Lipinski definition) is 2. The molecule has 0 bridgehead atoms. The highest BCUT2D eigenvalue weighted by Crippen LogP contribution is 2.38. The fourth-order valence-electron chi connectivity index (χ4n) is 2.20. The highest BCUT2D eigenvalue weighted by atomic mass is 35.5. The molecule has 0 heterocycles. The van der Waals surface area contributed by atoms with Gasteiger partial charge in [-0.15, -0.1) is 11.6 Å². The predicted octanol–water partition coefficient (Wildman–Crippen LogP) is 4.45. The van der Waals surface area contributed by atoms with Crippen molar-refractivity contribution in [2.75, 3.05) is 31.9 Å². The zero-order chi connectivity index (χ0) is 20.5. The van der Waals surface area contributed by atoms with Gasteiger partial charge in [-0.05, 0) is 41.6 Å². The van der Waals surface area contributed by atoms with Crippen molar-refractivity contribution in [2.24, 2.45) is 0 Å². The average Bonchev–Trinajstić information content (AvgIpc) is 2.70. The third-order valence-electron chi connectivity index (χ3n) is 3.60. The van der Waals surface area contributed by atoms with Crippen molar-refractivity contribution in [3.63, 3.8) is 0 Å². The standard InChI is InChI=1S/C19H20Cl3NO4S/c1-28-23-9-15(25)11-26-16-4-2-12(3-5-16)13-6-17(21)19(18(22)7-13)27-10-14(24)8-20/h2-7,14,23-24H,8-11H2,1H3. The molecule has 2 rings (SSSR count). The Morgan fingerprint density at radius 2 is 1.79 bits per heavy atom. The normalized spacial score (nSPS) is 11.9. The SMILES string of the molecule is CSNCC(=O)COc1ccc(-c2cc(Cl)c(OCC(O)CCl)c(Cl)c2)cc1. The van der Waals surface area contributed by atoms with Crippen molar-refractivity contribution in [2.45, 2.75) is 6.10 Å². The van der Waals surface area contributed by atoms with Gasteiger partial charge in [-0.1, -0.05) is 47.3 Å². The molecule has 0 amide bonds. The molecule has 28 heavy (non-hydrogen) atoms. The Morgan fingerprint density at radius 1 is 1.14 bits per heavy atom. The number of carbonyl (C=O) groups excluding carboxylic acids is 1. The van der Waals surface area contributed by atoms with Crippen LogP contribution in [-0.4, -0.2) is 48.9 Å². The van der Waals surface area contributed by atoms with Crippen LogP contribution in [0, 0.1) is 0 Å². The van der Waals surface area contributed by atoms with Gasteiger partial charge in [0.05, 0.1) is 22.5 Å². The van der Waals surface area contributed by atoms with Crippen molar-refractivity contribution in [1.82, 2.24) is 4.72 Å². The fraction of sp³-hybridized carbons (Fsp3) is 0.316. The molecular weight excluding hydrogens is 445 g/mol. The Bertz CT molecular complexity index is 766. The topological polar surface area (TPSA) is 67.8 Å². The van der Waals surface area contributed by atoms with E-state index in [1.807, 2.05) is 18.4 Å². The smallest absolute Gasteiger partial charge is 0.184 e. The van der Waals surface area contributed by atoms with Crippen LogP contribution in [0.25, 0.3) is 11.1 Å². The minimum atomic E-state index is -0.801. The number of alkyl halides is 1. The van der Waals surface area contributed by atoms with E-state index in [0.29, 0.717) is 21.5 Å². The zero-order valence-corrected chi connectivity index (χ0v) is 18.2. The molecule has 0 fully saturated rings. The Balaban J connectivity index is 2.04. The maximum atomic E-state index is 11.6. The molecule has 9 heteroatoms. The molecule has 152 valence electrons. The highest BCUT2D eigenvalue weighted by molar-refractivity contribution is 7.96. The quantitative estimate of drug-likeness (QED) is 0.378. The second-order valence-electron chi connectivity index (χ2n) is 5.77. The van der Waals surface area contributed by atoms with Gasteiger partial charge in [0.1, 0.15) is 25.1 Å². The first-order chi connectivity index (χ1) is 13.4. The van der Waals surface area contributed by atoms with Crippen LogP contribution in [0.4, 0.5) is 0 Å². The molecule has 2 aromatic rings. The number of ether oxygens (including phenoxy) is 2. The average molecular weight is 465 g/mol. The number of rotatable bonds is 11. The molecule has 2 aromatic carbocycles. The van der Waals surface area contributed by atoms with Crippen molar-refractivity contribution in [3.8, 4) is 22.6 Å². The molecule has 0 aliphatic carbocycles. The Hall–Kier alpha value is -1.15. The molecule has 5 nitrogen and oxygen atoms in total. The third kappa shape index (κ3) is 7.03. The lowest BCUT2D eigenvalue weighted by Gasteiger charge is -2.14. The van der Waals surface area contributed by atoms with E-state index in [0.717, 1.165) is 11.1 Å². The second kappa shape index (κ2) is 11.8. The van der Waals surface area contributed by atoms with Crippen LogP contribution in [0.2, 0.25) is 10.0 Å². The predicted molar refractivity (Wildman–Crippen MR) is 116 cm³/mol. The molecule has 2 N–H and O–H groups in total. The number of nitrogens with one attached hydrogen (secondary N) is 1. The first kappa shape index (κ1) is 23.1. The van der Waals surface area contributed by atoms with Crippen molar-refractivity contribution in [3.05, 3.63) is 46.4 Å². The number of Topliss-reactive ketones (excluding diaryl/α,β-unsaturated/α-hetero) is 1. The van der Waals surface area contributed by atoms with Crippen LogP contribution in [0.3, 0.4) is 0 Å². The van der Waals surface area contributed by atoms with Crippen LogP contribution < -0.4 is 14.2 Å². The monoisotopic (exact) mass is 463 g/mol. The van der Waals surface area contributed by atoms with Gasteiger partial charge in [-0.3, -0.25) is 9.52 Å². The van der Waals surface area contributed by atoms with Crippen molar-refractivity contribution < 1.29 is 19.4 Å². The number of benzene rings is 2. The maximum absolute atomic E-state index is 11.6. The van der Waals surface area contributed by atoms with Gasteiger partial charge in [0, 0.05) is 0 Å². The van der Waals surface area contributed by atoms with Gasteiger partial charge in [0.15, 0.2) is 11.5 Å². The summed E-state index contributed by atoms with van der Waals surface area (Å²) in [7, 11) is 0. The number of ketones is 1. The van der Waals surface area contributed by atoms with Gasteiger partial charge in [0.25, 0.3) is 0 Å². The fourth-order valence-corrected chi connectivity index (χ4v) is 3.19. The van der Waals surface area contributed by atoms with Crippen LogP contribution >= 0.6 is 46.8 Å².